The molecule has 0 aromatic heterocycles. The Balaban J connectivity index is 1.87. The molecule has 1 aliphatic carbocycles. The molecule has 1 aliphatic rings. The Bertz CT molecular complexity index is 359. The van der Waals surface area contributed by atoms with Crippen molar-refractivity contribution in [3.8, 4) is 0 Å². The highest BCUT2D eigenvalue weighted by Crippen LogP contribution is 2.20. The second kappa shape index (κ2) is 5.90. The van der Waals surface area contributed by atoms with Crippen LogP contribution in [-0.4, -0.2) is 12.3 Å². The predicted octanol–water partition coefficient (Wildman–Crippen LogP) is 3.90. The van der Waals surface area contributed by atoms with Crippen LogP contribution in [0.25, 0.3) is 0 Å². The van der Waals surface area contributed by atoms with Gasteiger partial charge in [0.15, 0.2) is 0 Å². The summed E-state index contributed by atoms with van der Waals surface area (Å²) in [4.78, 5) is 5.40. The second-order valence-corrected chi connectivity index (χ2v) is 4.46. The molecule has 0 heterocycles. The topological polar surface area (TPSA) is 21.6 Å². The molecular formula is C13H15ClNO. The van der Waals surface area contributed by atoms with Gasteiger partial charge in [0.05, 0.1) is 5.02 Å². The van der Waals surface area contributed by atoms with Gasteiger partial charge in [-0.3, -0.25) is 0 Å². The van der Waals surface area contributed by atoms with E-state index in [0.717, 1.165) is 18.4 Å². The van der Waals surface area contributed by atoms with E-state index in [4.69, 9.17) is 16.4 Å². The number of hydrogen-bond acceptors (Lipinski definition) is 2. The van der Waals surface area contributed by atoms with E-state index in [1.54, 1.807) is 0 Å². The molecule has 0 bridgehead atoms. The average Bonchev–Trinajstić information content (AvgIpc) is 2.33. The quantitative estimate of drug-likeness (QED) is 0.576. The lowest BCUT2D eigenvalue weighted by molar-refractivity contribution is 0.0340. The summed E-state index contributed by atoms with van der Waals surface area (Å²) in [6, 6.07) is 7.48. The van der Waals surface area contributed by atoms with Gasteiger partial charge in [-0.2, -0.15) is 0 Å². The van der Waals surface area contributed by atoms with E-state index in [0.29, 0.717) is 5.02 Å². The highest BCUT2D eigenvalue weighted by Gasteiger charge is 2.13. The molecule has 0 aliphatic heterocycles. The first kappa shape index (κ1) is 11.5. The van der Waals surface area contributed by atoms with Crippen molar-refractivity contribution in [1.29, 1.82) is 0 Å². The van der Waals surface area contributed by atoms with Gasteiger partial charge in [0.2, 0.25) is 0 Å². The molecule has 1 fully saturated rings. The molecule has 3 heteroatoms. The summed E-state index contributed by atoms with van der Waals surface area (Å²) in [5, 5.41) is 4.54. The summed E-state index contributed by atoms with van der Waals surface area (Å²) in [5.41, 5.74) is 0.778. The van der Waals surface area contributed by atoms with Crippen molar-refractivity contribution < 1.29 is 4.84 Å². The van der Waals surface area contributed by atoms with Gasteiger partial charge in [0.1, 0.15) is 12.3 Å². The van der Waals surface area contributed by atoms with Gasteiger partial charge in [0, 0.05) is 5.56 Å². The van der Waals surface area contributed by atoms with Crippen LogP contribution in [0.2, 0.25) is 5.02 Å². The third-order valence-electron chi connectivity index (χ3n) is 2.79. The highest BCUT2D eigenvalue weighted by atomic mass is 35.5. The van der Waals surface area contributed by atoms with Crippen molar-refractivity contribution in [2.75, 3.05) is 0 Å². The van der Waals surface area contributed by atoms with Gasteiger partial charge in [-0.1, -0.05) is 41.4 Å². The van der Waals surface area contributed by atoms with Crippen LogP contribution in [0.5, 0.6) is 0 Å². The highest BCUT2D eigenvalue weighted by molar-refractivity contribution is 6.33. The number of hydrogen-bond donors (Lipinski definition) is 0. The number of benzene rings is 1. The first-order valence-corrected chi connectivity index (χ1v) is 6.10. The lowest BCUT2D eigenvalue weighted by Gasteiger charge is -2.18. The molecule has 1 aromatic carbocycles. The van der Waals surface area contributed by atoms with Crippen molar-refractivity contribution >= 4 is 17.8 Å². The summed E-state index contributed by atoms with van der Waals surface area (Å²) in [5.74, 6) is 0. The second-order valence-electron chi connectivity index (χ2n) is 4.05. The van der Waals surface area contributed by atoms with Gasteiger partial charge in [0.25, 0.3) is 0 Å². The average molecular weight is 237 g/mol. The molecule has 0 amide bonds. The van der Waals surface area contributed by atoms with Crippen molar-refractivity contribution in [3.63, 3.8) is 0 Å². The van der Waals surface area contributed by atoms with Crippen LogP contribution in [-0.2, 0) is 4.84 Å². The molecule has 0 unspecified atom stereocenters. The molecule has 0 N–H and O–H groups in total. The maximum atomic E-state index is 5.97. The largest absolute Gasteiger partial charge is 0.392 e. The monoisotopic (exact) mass is 236 g/mol. The first-order valence-electron chi connectivity index (χ1n) is 5.72. The number of nitrogens with zero attached hydrogens (tertiary/aromatic N) is 1. The fourth-order valence-electron chi connectivity index (χ4n) is 1.87. The van der Waals surface area contributed by atoms with E-state index in [2.05, 4.69) is 11.4 Å². The minimum Gasteiger partial charge on any atom is -0.392 e. The van der Waals surface area contributed by atoms with E-state index in [1.807, 2.05) is 24.3 Å². The van der Waals surface area contributed by atoms with E-state index in [1.165, 1.54) is 19.3 Å². The van der Waals surface area contributed by atoms with Crippen molar-refractivity contribution in [1.82, 2.24) is 0 Å². The Labute approximate surface area is 101 Å². The molecular weight excluding hydrogens is 222 g/mol. The van der Waals surface area contributed by atoms with Crippen LogP contribution in [0.3, 0.4) is 0 Å². The van der Waals surface area contributed by atoms with Crippen LogP contribution in [0.1, 0.15) is 37.7 Å². The SMILES string of the molecule is Clc1ccccc1/[C]=N/OC1CCCCC1. The smallest absolute Gasteiger partial charge is 0.141 e. The Morgan fingerprint density at radius 2 is 1.94 bits per heavy atom. The maximum absolute atomic E-state index is 5.97. The zero-order valence-electron chi connectivity index (χ0n) is 9.16. The Morgan fingerprint density at radius 1 is 1.19 bits per heavy atom. The summed E-state index contributed by atoms with van der Waals surface area (Å²) in [7, 11) is 0. The molecule has 1 radical (unpaired) electrons. The lowest BCUT2D eigenvalue weighted by Crippen LogP contribution is -2.13. The fourth-order valence-corrected chi connectivity index (χ4v) is 2.05. The van der Waals surface area contributed by atoms with E-state index >= 15 is 0 Å². The minimum absolute atomic E-state index is 0.267. The molecule has 2 nitrogen and oxygen atoms in total. The minimum atomic E-state index is 0.267. The summed E-state index contributed by atoms with van der Waals surface area (Å²) in [6.45, 7) is 0. The van der Waals surface area contributed by atoms with Crippen LogP contribution >= 0.6 is 11.6 Å². The zero-order chi connectivity index (χ0) is 11.2. The molecule has 2 rings (SSSR count). The van der Waals surface area contributed by atoms with Crippen LogP contribution < -0.4 is 0 Å². The van der Waals surface area contributed by atoms with Gasteiger partial charge in [-0.25, -0.2) is 0 Å². The van der Waals surface area contributed by atoms with Crippen molar-refractivity contribution in [2.45, 2.75) is 38.2 Å². The molecule has 0 atom stereocenters. The normalized spacial score (nSPS) is 17.8. The molecule has 0 saturated heterocycles. The Hall–Kier alpha value is -1.02. The molecule has 85 valence electrons. The van der Waals surface area contributed by atoms with Gasteiger partial charge < -0.3 is 4.84 Å². The van der Waals surface area contributed by atoms with Crippen LogP contribution in [0.4, 0.5) is 0 Å². The molecule has 1 saturated carbocycles. The maximum Gasteiger partial charge on any atom is 0.141 e. The van der Waals surface area contributed by atoms with Crippen molar-refractivity contribution in [3.05, 3.63) is 34.9 Å². The third-order valence-corrected chi connectivity index (χ3v) is 3.12. The molecule has 1 aromatic rings. The van der Waals surface area contributed by atoms with Gasteiger partial charge in [-0.05, 0) is 31.7 Å². The van der Waals surface area contributed by atoms with Crippen LogP contribution in [0, 0.1) is 0 Å². The summed E-state index contributed by atoms with van der Waals surface area (Å²) < 4.78 is 0. The van der Waals surface area contributed by atoms with Crippen molar-refractivity contribution in [2.24, 2.45) is 5.16 Å². The Morgan fingerprint density at radius 3 is 2.69 bits per heavy atom. The number of rotatable bonds is 3. The standard InChI is InChI=1S/C13H15ClNO/c14-13-9-5-4-6-11(13)10-15-16-12-7-2-1-3-8-12/h4-6,9,12H,1-3,7-8H2. The first-order chi connectivity index (χ1) is 7.86. The molecule has 0 spiro atoms. The zero-order valence-corrected chi connectivity index (χ0v) is 9.91. The van der Waals surface area contributed by atoms with Crippen LogP contribution in [0.15, 0.2) is 29.4 Å². The summed E-state index contributed by atoms with van der Waals surface area (Å²) >= 11 is 5.97. The molecule has 16 heavy (non-hydrogen) atoms. The van der Waals surface area contributed by atoms with Gasteiger partial charge >= 0.3 is 0 Å². The van der Waals surface area contributed by atoms with Gasteiger partial charge in [-0.15, -0.1) is 0 Å². The fraction of sp³-hybridized carbons (Fsp3) is 0.462. The number of halogens is 1. The Kier molecular flexibility index (Phi) is 4.23. The predicted molar refractivity (Wildman–Crippen MR) is 65.9 cm³/mol. The van der Waals surface area contributed by atoms with E-state index in [9.17, 15) is 0 Å². The van der Waals surface area contributed by atoms with E-state index < -0.39 is 0 Å². The lowest BCUT2D eigenvalue weighted by atomic mass is 9.98. The summed E-state index contributed by atoms with van der Waals surface area (Å²) in [6.07, 6.45) is 9.11. The third kappa shape index (κ3) is 3.24. The van der Waals surface area contributed by atoms with E-state index in [-0.39, 0.29) is 6.10 Å².